The van der Waals surface area contributed by atoms with Gasteiger partial charge in [-0.25, -0.2) is 0 Å². The summed E-state index contributed by atoms with van der Waals surface area (Å²) in [5, 5.41) is 4.61. The first-order valence-electron chi connectivity index (χ1n) is 4.31. The zero-order valence-corrected chi connectivity index (χ0v) is 8.49. The van der Waals surface area contributed by atoms with Gasteiger partial charge >= 0.3 is 6.18 Å². The highest BCUT2D eigenvalue weighted by Gasteiger charge is 2.47. The summed E-state index contributed by atoms with van der Waals surface area (Å²) in [4.78, 5) is 11.2. The van der Waals surface area contributed by atoms with Gasteiger partial charge < -0.3 is 10.6 Å². The first kappa shape index (κ1) is 11.1. The van der Waals surface area contributed by atoms with Gasteiger partial charge in [0.2, 0.25) is 6.04 Å². The predicted octanol–water partition coefficient (Wildman–Crippen LogP) is 2.63. The van der Waals surface area contributed by atoms with Gasteiger partial charge in [-0.3, -0.25) is 4.79 Å². The summed E-state index contributed by atoms with van der Waals surface area (Å²) >= 11 is 5.65. The average molecular weight is 251 g/mol. The predicted molar refractivity (Wildman–Crippen MR) is 53.5 cm³/mol. The van der Waals surface area contributed by atoms with Gasteiger partial charge in [-0.05, 0) is 18.2 Å². The van der Waals surface area contributed by atoms with E-state index < -0.39 is 18.1 Å². The molecule has 0 saturated carbocycles. The lowest BCUT2D eigenvalue weighted by Gasteiger charge is -2.28. The Morgan fingerprint density at radius 1 is 1.25 bits per heavy atom. The Kier molecular flexibility index (Phi) is 2.46. The van der Waals surface area contributed by atoms with Crippen LogP contribution in [0, 0.1) is 0 Å². The van der Waals surface area contributed by atoms with Gasteiger partial charge in [-0.2, -0.15) is 13.2 Å². The van der Waals surface area contributed by atoms with Crippen LogP contribution in [0.3, 0.4) is 0 Å². The van der Waals surface area contributed by atoms with Gasteiger partial charge in [0.25, 0.3) is 5.91 Å². The number of carbonyl (C=O) groups excluding carboxylic acids is 1. The van der Waals surface area contributed by atoms with Gasteiger partial charge in [-0.1, -0.05) is 11.6 Å². The maximum Gasteiger partial charge on any atom is 0.417 e. The van der Waals surface area contributed by atoms with Crippen molar-refractivity contribution in [3.05, 3.63) is 23.2 Å². The maximum absolute atomic E-state index is 12.4. The molecule has 2 rings (SSSR count). The Balaban J connectivity index is 2.36. The van der Waals surface area contributed by atoms with E-state index in [1.807, 2.05) is 0 Å². The maximum atomic E-state index is 12.4. The van der Waals surface area contributed by atoms with Crippen molar-refractivity contribution in [2.24, 2.45) is 0 Å². The summed E-state index contributed by atoms with van der Waals surface area (Å²) in [5.74, 6) is -1.14. The molecule has 7 heteroatoms. The van der Waals surface area contributed by atoms with E-state index in [2.05, 4.69) is 10.6 Å². The number of nitrogens with one attached hydrogen (secondary N) is 2. The first-order valence-corrected chi connectivity index (χ1v) is 4.69. The van der Waals surface area contributed by atoms with Crippen molar-refractivity contribution in [1.82, 2.24) is 0 Å². The fourth-order valence-electron chi connectivity index (χ4n) is 1.40. The van der Waals surface area contributed by atoms with Crippen LogP contribution in [0.25, 0.3) is 0 Å². The SMILES string of the molecule is O=C1Nc2cc(Cl)ccc2N[C@H]1C(F)(F)F. The molecular weight excluding hydrogens is 245 g/mol. The first-order chi connectivity index (χ1) is 7.38. The molecule has 1 aromatic carbocycles. The zero-order chi connectivity index (χ0) is 11.9. The van der Waals surface area contributed by atoms with Crippen molar-refractivity contribution >= 4 is 28.9 Å². The van der Waals surface area contributed by atoms with E-state index in [1.54, 1.807) is 0 Å². The number of halogens is 4. The minimum absolute atomic E-state index is 0.200. The van der Waals surface area contributed by atoms with E-state index in [1.165, 1.54) is 18.2 Å². The minimum atomic E-state index is -4.62. The summed E-state index contributed by atoms with van der Waals surface area (Å²) < 4.78 is 37.2. The monoisotopic (exact) mass is 250 g/mol. The summed E-state index contributed by atoms with van der Waals surface area (Å²) in [6, 6.07) is 1.99. The molecule has 0 saturated heterocycles. The Morgan fingerprint density at radius 2 is 1.94 bits per heavy atom. The molecule has 0 aliphatic carbocycles. The zero-order valence-electron chi connectivity index (χ0n) is 7.73. The van der Waals surface area contributed by atoms with Crippen LogP contribution in [-0.2, 0) is 4.79 Å². The molecule has 0 spiro atoms. The highest BCUT2D eigenvalue weighted by Crippen LogP contribution is 2.34. The number of hydrogen-bond donors (Lipinski definition) is 2. The standard InChI is InChI=1S/C9H6ClF3N2O/c10-4-1-2-5-6(3-4)15-8(16)7(14-5)9(11,12)13/h1-3,7,14H,(H,15,16)/t7-/m1/s1. The third-order valence-electron chi connectivity index (χ3n) is 2.13. The van der Waals surface area contributed by atoms with Crippen LogP contribution >= 0.6 is 11.6 Å². The van der Waals surface area contributed by atoms with E-state index >= 15 is 0 Å². The third kappa shape index (κ3) is 1.92. The largest absolute Gasteiger partial charge is 0.417 e. The van der Waals surface area contributed by atoms with E-state index in [0.717, 1.165) is 0 Å². The van der Waals surface area contributed by atoms with Crippen LogP contribution in [0.4, 0.5) is 24.5 Å². The number of anilines is 2. The summed E-state index contributed by atoms with van der Waals surface area (Å²) in [6.07, 6.45) is -4.62. The van der Waals surface area contributed by atoms with Crippen molar-refractivity contribution in [3.63, 3.8) is 0 Å². The third-order valence-corrected chi connectivity index (χ3v) is 2.36. The number of hydrogen-bond acceptors (Lipinski definition) is 2. The van der Waals surface area contributed by atoms with E-state index in [-0.39, 0.29) is 11.4 Å². The summed E-state index contributed by atoms with van der Waals surface area (Å²) in [6.45, 7) is 0. The van der Waals surface area contributed by atoms with Gasteiger partial charge in [0.1, 0.15) is 0 Å². The Labute approximate surface area is 93.6 Å². The lowest BCUT2D eigenvalue weighted by molar-refractivity contribution is -0.156. The molecule has 0 radical (unpaired) electrons. The molecule has 0 unspecified atom stereocenters. The topological polar surface area (TPSA) is 41.1 Å². The molecule has 1 heterocycles. The smallest absolute Gasteiger partial charge is 0.365 e. The van der Waals surface area contributed by atoms with Crippen molar-refractivity contribution in [2.45, 2.75) is 12.2 Å². The highest BCUT2D eigenvalue weighted by atomic mass is 35.5. The highest BCUT2D eigenvalue weighted by molar-refractivity contribution is 6.31. The van der Waals surface area contributed by atoms with Crippen molar-refractivity contribution < 1.29 is 18.0 Å². The molecule has 3 nitrogen and oxygen atoms in total. The second-order valence-corrected chi connectivity index (χ2v) is 3.73. The molecule has 2 N–H and O–H groups in total. The molecule has 1 aromatic rings. The number of fused-ring (bicyclic) bond motifs is 1. The van der Waals surface area contributed by atoms with Crippen molar-refractivity contribution in [3.8, 4) is 0 Å². The van der Waals surface area contributed by atoms with Gasteiger partial charge in [0, 0.05) is 5.02 Å². The molecular formula is C9H6ClF3N2O. The molecule has 0 bridgehead atoms. The number of benzene rings is 1. The fourth-order valence-corrected chi connectivity index (χ4v) is 1.57. The van der Waals surface area contributed by atoms with Crippen molar-refractivity contribution in [2.75, 3.05) is 10.6 Å². The molecule has 0 fully saturated rings. The van der Waals surface area contributed by atoms with E-state index in [0.29, 0.717) is 5.02 Å². The number of alkyl halides is 3. The van der Waals surface area contributed by atoms with Gasteiger partial charge in [-0.15, -0.1) is 0 Å². The second-order valence-electron chi connectivity index (χ2n) is 3.30. The molecule has 1 aliphatic heterocycles. The molecule has 16 heavy (non-hydrogen) atoms. The van der Waals surface area contributed by atoms with Gasteiger partial charge in [0.05, 0.1) is 11.4 Å². The average Bonchev–Trinajstić information content (AvgIpc) is 2.14. The van der Waals surface area contributed by atoms with Crippen LogP contribution in [0.5, 0.6) is 0 Å². The van der Waals surface area contributed by atoms with Crippen LogP contribution in [0.2, 0.25) is 5.02 Å². The molecule has 86 valence electrons. The second kappa shape index (κ2) is 3.55. The Morgan fingerprint density at radius 3 is 2.56 bits per heavy atom. The fraction of sp³-hybridized carbons (Fsp3) is 0.222. The van der Waals surface area contributed by atoms with E-state index in [9.17, 15) is 18.0 Å². The van der Waals surface area contributed by atoms with E-state index in [4.69, 9.17) is 11.6 Å². The summed E-state index contributed by atoms with van der Waals surface area (Å²) in [5.41, 5.74) is 0.448. The van der Waals surface area contributed by atoms with Crippen LogP contribution in [0.1, 0.15) is 0 Å². The Bertz CT molecular complexity index is 447. The number of rotatable bonds is 0. The quantitative estimate of drug-likeness (QED) is 0.743. The van der Waals surface area contributed by atoms with Gasteiger partial charge in [0.15, 0.2) is 0 Å². The van der Waals surface area contributed by atoms with Crippen LogP contribution < -0.4 is 10.6 Å². The van der Waals surface area contributed by atoms with Crippen LogP contribution in [0.15, 0.2) is 18.2 Å². The number of carbonyl (C=O) groups is 1. The lowest BCUT2D eigenvalue weighted by Crippen LogP contribution is -2.48. The Hall–Kier alpha value is -1.43. The molecule has 1 atom stereocenters. The normalized spacial score (nSPS) is 19.8. The molecule has 0 aromatic heterocycles. The number of amides is 1. The minimum Gasteiger partial charge on any atom is -0.365 e. The lowest BCUT2D eigenvalue weighted by atomic mass is 10.1. The van der Waals surface area contributed by atoms with Crippen molar-refractivity contribution in [1.29, 1.82) is 0 Å². The molecule has 1 amide bonds. The van der Waals surface area contributed by atoms with Crippen LogP contribution in [-0.4, -0.2) is 18.1 Å². The molecule has 1 aliphatic rings. The summed E-state index contributed by atoms with van der Waals surface area (Å²) in [7, 11) is 0.